The van der Waals surface area contributed by atoms with E-state index in [-0.39, 0.29) is 17.8 Å². The summed E-state index contributed by atoms with van der Waals surface area (Å²) >= 11 is 5.84. The molecule has 2 aromatic rings. The van der Waals surface area contributed by atoms with Gasteiger partial charge in [-0.3, -0.25) is 9.59 Å². The largest absolute Gasteiger partial charge is 0.502 e. The van der Waals surface area contributed by atoms with E-state index in [0.29, 0.717) is 23.8 Å². The van der Waals surface area contributed by atoms with E-state index in [9.17, 15) is 19.1 Å². The van der Waals surface area contributed by atoms with Crippen molar-refractivity contribution in [1.29, 1.82) is 0 Å². The number of alkyl halides is 1. The van der Waals surface area contributed by atoms with Crippen molar-refractivity contribution in [3.63, 3.8) is 0 Å². The lowest BCUT2D eigenvalue weighted by Crippen LogP contribution is -2.29. The van der Waals surface area contributed by atoms with Crippen LogP contribution in [0.15, 0.2) is 35.1 Å². The van der Waals surface area contributed by atoms with Gasteiger partial charge in [-0.15, -0.1) is 0 Å². The quantitative estimate of drug-likeness (QED) is 0.735. The monoisotopic (exact) mass is 368 g/mol. The minimum atomic E-state index is -0.917. The number of pyridine rings is 1. The van der Waals surface area contributed by atoms with Crippen molar-refractivity contribution in [2.45, 2.75) is 13.1 Å². The molecule has 0 bridgehead atoms. The first-order valence-electron chi connectivity index (χ1n) is 7.58. The Hall–Kier alpha value is -2.54. The number of nitrogens with zero attached hydrogens (tertiary/aromatic N) is 1. The van der Waals surface area contributed by atoms with Crippen LogP contribution in [-0.4, -0.2) is 28.7 Å². The average Bonchev–Trinajstić information content (AvgIpc) is 2.59. The Morgan fingerprint density at radius 1 is 1.40 bits per heavy atom. The van der Waals surface area contributed by atoms with Gasteiger partial charge in [-0.05, 0) is 30.7 Å². The van der Waals surface area contributed by atoms with Gasteiger partial charge in [0, 0.05) is 18.6 Å². The number of carbonyl (C=O) groups is 1. The lowest BCUT2D eigenvalue weighted by atomic mass is 10.2. The van der Waals surface area contributed by atoms with Crippen molar-refractivity contribution in [1.82, 2.24) is 9.88 Å². The Morgan fingerprint density at radius 2 is 2.16 bits per heavy atom. The third kappa shape index (κ3) is 4.73. The van der Waals surface area contributed by atoms with Crippen molar-refractivity contribution < 1.29 is 19.0 Å². The van der Waals surface area contributed by atoms with Crippen LogP contribution in [0.1, 0.15) is 22.5 Å². The summed E-state index contributed by atoms with van der Waals surface area (Å²) in [7, 11) is 1.33. The molecule has 1 heterocycles. The van der Waals surface area contributed by atoms with Gasteiger partial charge >= 0.3 is 0 Å². The first-order chi connectivity index (χ1) is 11.9. The van der Waals surface area contributed by atoms with Crippen LogP contribution in [0.3, 0.4) is 0 Å². The number of aromatic nitrogens is 1. The predicted molar refractivity (Wildman–Crippen MR) is 92.1 cm³/mol. The second-order valence-corrected chi connectivity index (χ2v) is 5.75. The summed E-state index contributed by atoms with van der Waals surface area (Å²) in [6, 6.07) is 8.10. The molecule has 0 unspecified atom stereocenters. The third-order valence-electron chi connectivity index (χ3n) is 3.56. The molecule has 0 spiro atoms. The van der Waals surface area contributed by atoms with Crippen molar-refractivity contribution in [2.24, 2.45) is 7.05 Å². The minimum absolute atomic E-state index is 0.0113. The fourth-order valence-corrected chi connectivity index (χ4v) is 2.33. The molecule has 0 aliphatic heterocycles. The molecule has 0 fully saturated rings. The lowest BCUT2D eigenvalue weighted by molar-refractivity contribution is 0.0948. The van der Waals surface area contributed by atoms with E-state index < -0.39 is 23.9 Å². The number of rotatable bonds is 7. The van der Waals surface area contributed by atoms with E-state index >= 15 is 0 Å². The molecule has 1 aromatic carbocycles. The van der Waals surface area contributed by atoms with Crippen LogP contribution in [-0.2, 0) is 13.7 Å². The van der Waals surface area contributed by atoms with E-state index in [1.54, 1.807) is 24.3 Å². The predicted octanol–water partition coefficient (Wildman–Crippen LogP) is 2.41. The van der Waals surface area contributed by atoms with Crippen molar-refractivity contribution >= 4 is 17.5 Å². The number of hydrogen-bond donors (Lipinski definition) is 2. The fraction of sp³-hybridized carbons (Fsp3) is 0.294. The molecule has 1 aromatic heterocycles. The Labute approximate surface area is 148 Å². The van der Waals surface area contributed by atoms with Gasteiger partial charge in [0.25, 0.3) is 11.5 Å². The molecule has 0 saturated heterocycles. The zero-order valence-corrected chi connectivity index (χ0v) is 14.3. The normalized spacial score (nSPS) is 10.5. The average molecular weight is 369 g/mol. The topological polar surface area (TPSA) is 80.6 Å². The van der Waals surface area contributed by atoms with Crippen molar-refractivity contribution in [3.8, 4) is 11.5 Å². The van der Waals surface area contributed by atoms with Gasteiger partial charge in [0.15, 0.2) is 5.75 Å². The molecular weight excluding hydrogens is 351 g/mol. The molecule has 1 amide bonds. The van der Waals surface area contributed by atoms with Gasteiger partial charge in [-0.1, -0.05) is 17.7 Å². The van der Waals surface area contributed by atoms with Gasteiger partial charge in [0.2, 0.25) is 0 Å². The summed E-state index contributed by atoms with van der Waals surface area (Å²) in [6.07, 6.45) is 0.500. The summed E-state index contributed by atoms with van der Waals surface area (Å²) in [6.45, 7) is -0.308. The third-order valence-corrected chi connectivity index (χ3v) is 3.79. The maximum Gasteiger partial charge on any atom is 0.293 e. The molecule has 2 rings (SSSR count). The Morgan fingerprint density at radius 3 is 2.84 bits per heavy atom. The van der Waals surface area contributed by atoms with E-state index in [1.807, 2.05) is 0 Å². The summed E-state index contributed by atoms with van der Waals surface area (Å²) in [5.41, 5.74) is -1.05. The van der Waals surface area contributed by atoms with Crippen molar-refractivity contribution in [3.05, 3.63) is 57.0 Å². The maximum atomic E-state index is 12.9. The van der Waals surface area contributed by atoms with Crippen LogP contribution >= 0.6 is 11.6 Å². The Bertz CT molecular complexity index is 823. The number of hydrogen-bond acceptors (Lipinski definition) is 4. The highest BCUT2D eigenvalue weighted by Crippen LogP contribution is 2.17. The van der Waals surface area contributed by atoms with E-state index in [4.69, 9.17) is 16.3 Å². The summed E-state index contributed by atoms with van der Waals surface area (Å²) in [5, 5.41) is 12.9. The number of aromatic hydroxyl groups is 1. The van der Waals surface area contributed by atoms with Gasteiger partial charge < -0.3 is 19.7 Å². The van der Waals surface area contributed by atoms with Gasteiger partial charge in [-0.2, -0.15) is 0 Å². The van der Waals surface area contributed by atoms with Gasteiger partial charge in [0.1, 0.15) is 12.4 Å². The van der Waals surface area contributed by atoms with Gasteiger partial charge in [0.05, 0.1) is 17.9 Å². The molecule has 0 atom stereocenters. The molecule has 25 heavy (non-hydrogen) atoms. The van der Waals surface area contributed by atoms with Crippen LogP contribution in [0.5, 0.6) is 11.5 Å². The second-order valence-electron chi connectivity index (χ2n) is 5.31. The van der Waals surface area contributed by atoms with E-state index in [0.717, 1.165) is 10.6 Å². The first kappa shape index (κ1) is 18.8. The fourth-order valence-electron chi connectivity index (χ4n) is 2.15. The molecule has 6 nitrogen and oxygen atoms in total. The van der Waals surface area contributed by atoms with Gasteiger partial charge in [-0.25, -0.2) is 4.39 Å². The summed E-state index contributed by atoms with van der Waals surface area (Å²) in [5.74, 6) is -0.726. The first-order valence-corrected chi connectivity index (χ1v) is 7.96. The highest BCUT2D eigenvalue weighted by atomic mass is 35.5. The SMILES string of the molecule is Cn1c(CF)cc(C(=O)NCCCOc2cccc(Cl)c2)c(O)c1=O. The smallest absolute Gasteiger partial charge is 0.293 e. The number of halogens is 2. The van der Waals surface area contributed by atoms with Crippen LogP contribution in [0.25, 0.3) is 0 Å². The number of nitrogens with one attached hydrogen (secondary N) is 1. The Balaban J connectivity index is 1.88. The van der Waals surface area contributed by atoms with Crippen LogP contribution < -0.4 is 15.6 Å². The summed E-state index contributed by atoms with van der Waals surface area (Å²) in [4.78, 5) is 23.8. The highest BCUT2D eigenvalue weighted by molar-refractivity contribution is 6.30. The van der Waals surface area contributed by atoms with E-state index in [2.05, 4.69) is 5.32 Å². The van der Waals surface area contributed by atoms with E-state index in [1.165, 1.54) is 7.05 Å². The molecule has 0 aliphatic rings. The van der Waals surface area contributed by atoms with Crippen molar-refractivity contribution in [2.75, 3.05) is 13.2 Å². The van der Waals surface area contributed by atoms with Crippen LogP contribution in [0, 0.1) is 0 Å². The molecule has 0 saturated carbocycles. The zero-order valence-electron chi connectivity index (χ0n) is 13.6. The van der Waals surface area contributed by atoms with Crippen LogP contribution in [0.4, 0.5) is 4.39 Å². The number of benzene rings is 1. The molecule has 0 aliphatic carbocycles. The minimum Gasteiger partial charge on any atom is -0.502 e. The number of amides is 1. The molecule has 0 radical (unpaired) electrons. The molecule has 2 N–H and O–H groups in total. The molecular formula is C17H18ClFN2O4. The summed E-state index contributed by atoms with van der Waals surface area (Å²) < 4.78 is 19.3. The number of ether oxygens (including phenoxy) is 1. The molecule has 8 heteroatoms. The molecule has 134 valence electrons. The number of carbonyl (C=O) groups excluding carboxylic acids is 1. The Kier molecular flexibility index (Phi) is 6.41. The standard InChI is InChI=1S/C17H18ClFN2O4/c1-21-12(10-19)9-14(15(22)17(21)24)16(23)20-6-3-7-25-13-5-2-4-11(18)8-13/h2,4-5,8-9,22H,3,6-7,10H2,1H3,(H,20,23). The van der Waals surface area contributed by atoms with Crippen LogP contribution in [0.2, 0.25) is 5.02 Å². The zero-order chi connectivity index (χ0) is 18.4. The lowest BCUT2D eigenvalue weighted by Gasteiger charge is -2.11. The highest BCUT2D eigenvalue weighted by Gasteiger charge is 2.17. The maximum absolute atomic E-state index is 12.9. The second kappa shape index (κ2) is 8.53.